The lowest BCUT2D eigenvalue weighted by Crippen LogP contribution is -2.31. The number of methoxy groups -OCH3 is 1. The Morgan fingerprint density at radius 2 is 1.70 bits per heavy atom. The van der Waals surface area contributed by atoms with Crippen LogP contribution >= 0.6 is 0 Å². The van der Waals surface area contributed by atoms with E-state index in [9.17, 15) is 0 Å². The summed E-state index contributed by atoms with van der Waals surface area (Å²) in [4.78, 5) is 9.49. The lowest BCUT2D eigenvalue weighted by Gasteiger charge is -2.23. The summed E-state index contributed by atoms with van der Waals surface area (Å²) < 4.78 is 9.28. The summed E-state index contributed by atoms with van der Waals surface area (Å²) in [6.07, 6.45) is 1.59. The van der Waals surface area contributed by atoms with Gasteiger partial charge in [-0.25, -0.2) is 14.7 Å². The number of aliphatic imine (C=N–C) groups is 1. The minimum atomic E-state index is -0.428. The van der Waals surface area contributed by atoms with Gasteiger partial charge < -0.3 is 10.5 Å². The fourth-order valence-electron chi connectivity index (χ4n) is 4.19. The van der Waals surface area contributed by atoms with E-state index in [2.05, 4.69) is 9.88 Å². The van der Waals surface area contributed by atoms with Crippen molar-refractivity contribution in [1.82, 2.24) is 19.3 Å². The van der Waals surface area contributed by atoms with Gasteiger partial charge in [0.25, 0.3) is 0 Å². The Kier molecular flexibility index (Phi) is 4.36. The van der Waals surface area contributed by atoms with E-state index < -0.39 is 6.17 Å². The fourth-order valence-corrected chi connectivity index (χ4v) is 4.19. The number of anilines is 1. The monoisotopic (exact) mass is 435 g/mol. The Balaban J connectivity index is 1.58. The van der Waals surface area contributed by atoms with Gasteiger partial charge in [0.15, 0.2) is 12.1 Å². The van der Waals surface area contributed by atoms with E-state index in [1.54, 1.807) is 7.11 Å². The van der Waals surface area contributed by atoms with Gasteiger partial charge in [0.2, 0.25) is 5.95 Å². The summed E-state index contributed by atoms with van der Waals surface area (Å²) in [5.41, 5.74) is 11.7. The molecule has 3 N–H and O–H groups in total. The fraction of sp³-hybridized carbons (Fsp3) is 0.0800. The van der Waals surface area contributed by atoms with Crippen molar-refractivity contribution in [2.75, 3.05) is 12.4 Å². The average Bonchev–Trinajstić information content (AvgIpc) is 3.46. The maximum Gasteiger partial charge on any atom is 0.212 e. The van der Waals surface area contributed by atoms with E-state index >= 15 is 0 Å². The molecule has 0 saturated heterocycles. The molecule has 1 aliphatic rings. The van der Waals surface area contributed by atoms with Crippen molar-refractivity contribution >= 4 is 22.9 Å². The zero-order valence-electron chi connectivity index (χ0n) is 17.9. The average molecular weight is 435 g/mol. The number of rotatable bonds is 4. The molecule has 0 bridgehead atoms. The molecule has 162 valence electrons. The quantitative estimate of drug-likeness (QED) is 0.441. The maximum atomic E-state index is 6.19. The molecular formula is C25H21N7O. The van der Waals surface area contributed by atoms with Crippen molar-refractivity contribution in [1.29, 1.82) is 0 Å². The minimum absolute atomic E-state index is 0.316. The molecule has 5 aromatic rings. The maximum absolute atomic E-state index is 6.19. The first-order valence-electron chi connectivity index (χ1n) is 10.6. The van der Waals surface area contributed by atoms with Crippen LogP contribution in [-0.2, 0) is 0 Å². The predicted octanol–water partition coefficient (Wildman–Crippen LogP) is 4.18. The van der Waals surface area contributed by atoms with Gasteiger partial charge in [0, 0.05) is 17.3 Å². The van der Waals surface area contributed by atoms with Gasteiger partial charge in [-0.2, -0.15) is 5.10 Å². The zero-order valence-corrected chi connectivity index (χ0v) is 17.9. The number of aromatic nitrogens is 4. The van der Waals surface area contributed by atoms with Crippen LogP contribution < -0.4 is 15.8 Å². The Morgan fingerprint density at radius 1 is 0.939 bits per heavy atom. The molecule has 6 rings (SSSR count). The molecule has 0 aliphatic carbocycles. The molecule has 3 heterocycles. The van der Waals surface area contributed by atoms with Crippen molar-refractivity contribution in [3.05, 3.63) is 90.6 Å². The van der Waals surface area contributed by atoms with Crippen molar-refractivity contribution in [2.24, 2.45) is 10.7 Å². The van der Waals surface area contributed by atoms with Gasteiger partial charge in [-0.05, 0) is 48.5 Å². The third-order valence-corrected chi connectivity index (χ3v) is 5.75. The van der Waals surface area contributed by atoms with Crippen LogP contribution in [0.25, 0.3) is 28.0 Å². The van der Waals surface area contributed by atoms with E-state index in [4.69, 9.17) is 25.5 Å². The summed E-state index contributed by atoms with van der Waals surface area (Å²) in [6.45, 7) is 0. The van der Waals surface area contributed by atoms with Crippen LogP contribution in [0.3, 0.4) is 0 Å². The largest absolute Gasteiger partial charge is 0.497 e. The van der Waals surface area contributed by atoms with Gasteiger partial charge in [-0.15, -0.1) is 0 Å². The van der Waals surface area contributed by atoms with E-state index in [1.165, 1.54) is 0 Å². The predicted molar refractivity (Wildman–Crippen MR) is 129 cm³/mol. The number of guanidine groups is 1. The van der Waals surface area contributed by atoms with Gasteiger partial charge in [-0.1, -0.05) is 30.3 Å². The number of fused-ring (bicyclic) bond motifs is 3. The highest BCUT2D eigenvalue weighted by Gasteiger charge is 2.29. The highest BCUT2D eigenvalue weighted by molar-refractivity contribution is 5.95. The standard InChI is InChI=1S/C25H21N7O/c1-33-18-13-11-16(12-14-18)22-19(15-31(30-22)17-7-3-2-4-8-17)23-28-24(26)29-25-27-20-9-5-6-10-21(20)32(23)25/h2-15,23H,1H3,(H3,26,27,28,29). The molecule has 0 radical (unpaired) electrons. The molecule has 33 heavy (non-hydrogen) atoms. The number of nitrogens with one attached hydrogen (secondary N) is 1. The number of benzene rings is 3. The van der Waals surface area contributed by atoms with E-state index in [1.807, 2.05) is 89.7 Å². The van der Waals surface area contributed by atoms with Gasteiger partial charge >= 0.3 is 0 Å². The normalized spacial score (nSPS) is 15.1. The van der Waals surface area contributed by atoms with Crippen molar-refractivity contribution < 1.29 is 4.74 Å². The Hall–Kier alpha value is -4.59. The topological polar surface area (TPSA) is 95.3 Å². The minimum Gasteiger partial charge on any atom is -0.497 e. The van der Waals surface area contributed by atoms with E-state index in [-0.39, 0.29) is 0 Å². The second-order valence-electron chi connectivity index (χ2n) is 7.75. The molecule has 1 atom stereocenters. The summed E-state index contributed by atoms with van der Waals surface area (Å²) in [7, 11) is 1.66. The molecule has 8 nitrogen and oxygen atoms in total. The number of ether oxygens (including phenoxy) is 1. The molecule has 8 heteroatoms. The number of nitrogens with two attached hydrogens (primary N) is 1. The van der Waals surface area contributed by atoms with E-state index in [0.717, 1.165) is 39.3 Å². The first-order valence-corrected chi connectivity index (χ1v) is 10.6. The van der Waals surface area contributed by atoms with Gasteiger partial charge in [0.05, 0.1) is 29.5 Å². The second-order valence-corrected chi connectivity index (χ2v) is 7.75. The van der Waals surface area contributed by atoms with Crippen LogP contribution in [-0.4, -0.2) is 32.4 Å². The summed E-state index contributed by atoms with van der Waals surface area (Å²) in [6, 6.07) is 25.8. The van der Waals surface area contributed by atoms with Crippen molar-refractivity contribution in [3.63, 3.8) is 0 Å². The number of hydrogen-bond donors (Lipinski definition) is 2. The van der Waals surface area contributed by atoms with Crippen molar-refractivity contribution in [3.8, 4) is 22.7 Å². The van der Waals surface area contributed by atoms with Crippen LogP contribution in [0.5, 0.6) is 5.75 Å². The molecule has 0 amide bonds. The third kappa shape index (κ3) is 3.20. The molecule has 1 unspecified atom stereocenters. The van der Waals surface area contributed by atoms with E-state index in [0.29, 0.717) is 11.9 Å². The van der Waals surface area contributed by atoms with Gasteiger partial charge in [-0.3, -0.25) is 9.88 Å². The van der Waals surface area contributed by atoms with Crippen molar-refractivity contribution in [2.45, 2.75) is 6.17 Å². The Morgan fingerprint density at radius 3 is 2.48 bits per heavy atom. The molecular weight excluding hydrogens is 414 g/mol. The SMILES string of the molecule is COc1ccc(-c2nn(-c3ccccc3)cc2C2N=C(N)Nc3nc4ccccc4n32)cc1. The molecule has 0 saturated carbocycles. The first-order chi connectivity index (χ1) is 16.2. The third-order valence-electron chi connectivity index (χ3n) is 5.75. The Bertz CT molecular complexity index is 1480. The van der Waals surface area contributed by atoms with Crippen LogP contribution in [0.15, 0.2) is 90.1 Å². The Labute approximate surface area is 190 Å². The number of hydrogen-bond acceptors (Lipinski definition) is 6. The van der Waals surface area contributed by atoms with Gasteiger partial charge in [0.1, 0.15) is 5.75 Å². The molecule has 0 fully saturated rings. The molecule has 1 aliphatic heterocycles. The summed E-state index contributed by atoms with van der Waals surface area (Å²) in [5.74, 6) is 1.76. The number of imidazole rings is 1. The van der Waals surface area contributed by atoms with Crippen LogP contribution in [0.2, 0.25) is 0 Å². The number of para-hydroxylation sites is 3. The molecule has 2 aromatic heterocycles. The smallest absolute Gasteiger partial charge is 0.212 e. The number of nitrogens with zero attached hydrogens (tertiary/aromatic N) is 5. The molecule has 3 aromatic carbocycles. The summed E-state index contributed by atoms with van der Waals surface area (Å²) in [5, 5.41) is 8.05. The highest BCUT2D eigenvalue weighted by Crippen LogP contribution is 2.37. The highest BCUT2D eigenvalue weighted by atomic mass is 16.5. The lowest BCUT2D eigenvalue weighted by atomic mass is 10.1. The molecule has 0 spiro atoms. The second kappa shape index (κ2) is 7.52. The van der Waals surface area contributed by atoms with Crippen LogP contribution in [0.4, 0.5) is 5.95 Å². The van der Waals surface area contributed by atoms with Crippen LogP contribution in [0.1, 0.15) is 11.7 Å². The van der Waals surface area contributed by atoms with Crippen LogP contribution in [0, 0.1) is 0 Å². The zero-order chi connectivity index (χ0) is 22.4. The lowest BCUT2D eigenvalue weighted by molar-refractivity contribution is 0.415. The first kappa shape index (κ1) is 19.1. The summed E-state index contributed by atoms with van der Waals surface area (Å²) >= 11 is 0.